The minimum absolute atomic E-state index is 0.0854. The van der Waals surface area contributed by atoms with E-state index in [-0.39, 0.29) is 5.91 Å². The maximum Gasteiger partial charge on any atom is 0.257 e. The number of fused-ring (bicyclic) bond motifs is 1. The van der Waals surface area contributed by atoms with Crippen LogP contribution in [0.5, 0.6) is 0 Å². The fourth-order valence-corrected chi connectivity index (χ4v) is 6.64. The molecule has 3 saturated heterocycles. The maximum atomic E-state index is 13.2. The van der Waals surface area contributed by atoms with Gasteiger partial charge in [-0.15, -0.1) is 0 Å². The Labute approximate surface area is 221 Å². The number of hydrogen-bond donors (Lipinski definition) is 0. The quantitative estimate of drug-likeness (QED) is 0.549. The summed E-state index contributed by atoms with van der Waals surface area (Å²) < 4.78 is 0. The fraction of sp³-hybridized carbons (Fsp3) is 0.600. The molecule has 2 amide bonds. The van der Waals surface area contributed by atoms with Gasteiger partial charge in [0.05, 0.1) is 17.0 Å². The van der Waals surface area contributed by atoms with E-state index in [2.05, 4.69) is 59.0 Å². The molecular formula is C30H41N5O2. The third-order valence-corrected chi connectivity index (χ3v) is 8.69. The zero-order chi connectivity index (χ0) is 26.1. The van der Waals surface area contributed by atoms with Crippen molar-refractivity contribution in [2.45, 2.75) is 46.5 Å². The first-order valence-electron chi connectivity index (χ1n) is 13.9. The molecule has 3 aliphatic heterocycles. The summed E-state index contributed by atoms with van der Waals surface area (Å²) in [5, 5.41) is 0. The van der Waals surface area contributed by atoms with Gasteiger partial charge in [-0.25, -0.2) is 9.97 Å². The average molecular weight is 504 g/mol. The monoisotopic (exact) mass is 503 g/mol. The summed E-state index contributed by atoms with van der Waals surface area (Å²) >= 11 is 0. The van der Waals surface area contributed by atoms with Crippen molar-refractivity contribution in [3.05, 3.63) is 59.2 Å². The zero-order valence-corrected chi connectivity index (χ0v) is 22.8. The molecule has 1 unspecified atom stereocenters. The molecule has 198 valence electrons. The van der Waals surface area contributed by atoms with Gasteiger partial charge in [0.15, 0.2) is 0 Å². The Morgan fingerprint density at radius 2 is 1.51 bits per heavy atom. The number of rotatable bonds is 8. The predicted octanol–water partition coefficient (Wildman–Crippen LogP) is 3.78. The Morgan fingerprint density at radius 3 is 2.11 bits per heavy atom. The van der Waals surface area contributed by atoms with Crippen LogP contribution >= 0.6 is 0 Å². The van der Waals surface area contributed by atoms with Crippen LogP contribution in [0.15, 0.2) is 36.7 Å². The van der Waals surface area contributed by atoms with Crippen LogP contribution in [-0.4, -0.2) is 82.3 Å². The van der Waals surface area contributed by atoms with Crippen molar-refractivity contribution in [3.63, 3.8) is 0 Å². The maximum absolute atomic E-state index is 13.2. The minimum Gasteiger partial charge on any atom is -0.342 e. The topological polar surface area (TPSA) is 69.6 Å². The molecule has 3 atom stereocenters. The van der Waals surface area contributed by atoms with Crippen LogP contribution in [-0.2, 0) is 4.79 Å². The van der Waals surface area contributed by atoms with Crippen molar-refractivity contribution in [1.82, 2.24) is 24.7 Å². The largest absolute Gasteiger partial charge is 0.342 e. The van der Waals surface area contributed by atoms with Gasteiger partial charge in [-0.05, 0) is 56.0 Å². The van der Waals surface area contributed by atoms with Gasteiger partial charge >= 0.3 is 0 Å². The molecule has 0 aliphatic carbocycles. The minimum atomic E-state index is 0.0854. The highest BCUT2D eigenvalue weighted by atomic mass is 16.2. The number of carbonyl (C=O) groups is 2. The number of aromatic nitrogens is 2. The van der Waals surface area contributed by atoms with Gasteiger partial charge in [-0.1, -0.05) is 44.2 Å². The molecule has 4 heterocycles. The molecular weight excluding hydrogens is 462 g/mol. The lowest BCUT2D eigenvalue weighted by Crippen LogP contribution is -2.52. The molecule has 3 aliphatic rings. The van der Waals surface area contributed by atoms with Crippen molar-refractivity contribution in [2.24, 2.45) is 23.7 Å². The van der Waals surface area contributed by atoms with Gasteiger partial charge in [-0.3, -0.25) is 9.59 Å². The lowest BCUT2D eigenvalue weighted by atomic mass is 9.78. The van der Waals surface area contributed by atoms with Crippen LogP contribution < -0.4 is 0 Å². The molecule has 0 radical (unpaired) electrons. The highest BCUT2D eigenvalue weighted by Crippen LogP contribution is 2.37. The molecule has 1 aromatic heterocycles. The molecule has 2 aromatic rings. The third kappa shape index (κ3) is 5.57. The van der Waals surface area contributed by atoms with E-state index in [0.717, 1.165) is 63.6 Å². The Kier molecular flexibility index (Phi) is 7.61. The number of carbonyl (C=O) groups excluding carboxylic acids is 2. The zero-order valence-electron chi connectivity index (χ0n) is 22.8. The van der Waals surface area contributed by atoms with Crippen LogP contribution in [0.3, 0.4) is 0 Å². The Balaban J connectivity index is 1.15. The summed E-state index contributed by atoms with van der Waals surface area (Å²) in [5.74, 6) is 2.89. The van der Waals surface area contributed by atoms with E-state index in [9.17, 15) is 9.59 Å². The van der Waals surface area contributed by atoms with Crippen molar-refractivity contribution in [2.75, 3.05) is 45.8 Å². The molecule has 1 aromatic carbocycles. The number of likely N-dealkylation sites (tertiary alicyclic amines) is 3. The molecule has 7 heteroatoms. The molecule has 37 heavy (non-hydrogen) atoms. The first kappa shape index (κ1) is 25.8. The average Bonchev–Trinajstić information content (AvgIpc) is 3.39. The van der Waals surface area contributed by atoms with Crippen LogP contribution in [0.1, 0.15) is 59.9 Å². The second-order valence-electron chi connectivity index (χ2n) is 11.9. The first-order chi connectivity index (χ1) is 17.8. The van der Waals surface area contributed by atoms with Crippen molar-refractivity contribution < 1.29 is 9.59 Å². The van der Waals surface area contributed by atoms with E-state index in [4.69, 9.17) is 0 Å². The first-order valence-corrected chi connectivity index (χ1v) is 13.9. The fourth-order valence-electron chi connectivity index (χ4n) is 6.64. The van der Waals surface area contributed by atoms with Crippen LogP contribution in [0, 0.1) is 37.5 Å². The van der Waals surface area contributed by atoms with Crippen LogP contribution in [0.25, 0.3) is 0 Å². The van der Waals surface area contributed by atoms with E-state index in [0.29, 0.717) is 47.5 Å². The number of benzene rings is 1. The van der Waals surface area contributed by atoms with E-state index < -0.39 is 0 Å². The molecule has 5 rings (SSSR count). The number of nitrogens with zero attached hydrogens (tertiary/aromatic N) is 5. The molecule has 0 saturated carbocycles. The second kappa shape index (κ2) is 10.9. The summed E-state index contributed by atoms with van der Waals surface area (Å²) in [6.07, 6.45) is 3.30. The van der Waals surface area contributed by atoms with Gasteiger partial charge in [0.25, 0.3) is 5.91 Å². The molecule has 0 bridgehead atoms. The Bertz CT molecular complexity index is 1080. The van der Waals surface area contributed by atoms with Gasteiger partial charge in [0.1, 0.15) is 6.33 Å². The highest BCUT2D eigenvalue weighted by Gasteiger charge is 2.43. The standard InChI is InChI=1S/C30H41N5O2/c1-20(2)12-28(36)34-17-26(18-34)27(23-8-6-5-7-9-23)10-11-33-13-24-15-35(16-25(24)14-33)30(37)29-21(3)31-19-32-22(29)4/h5-9,19-20,24-27H,10-18H2,1-4H3/t24-,25+,27?. The van der Waals surface area contributed by atoms with Gasteiger partial charge in [0.2, 0.25) is 5.91 Å². The molecule has 0 N–H and O–H groups in total. The predicted molar refractivity (Wildman–Crippen MR) is 144 cm³/mol. The van der Waals surface area contributed by atoms with Crippen molar-refractivity contribution >= 4 is 11.8 Å². The summed E-state index contributed by atoms with van der Waals surface area (Å²) in [4.78, 5) is 40.9. The summed E-state index contributed by atoms with van der Waals surface area (Å²) in [5.41, 5.74) is 3.61. The van der Waals surface area contributed by atoms with Crippen molar-refractivity contribution in [3.8, 4) is 0 Å². The Morgan fingerprint density at radius 1 is 0.892 bits per heavy atom. The number of amides is 2. The van der Waals surface area contributed by atoms with E-state index in [1.807, 2.05) is 23.6 Å². The van der Waals surface area contributed by atoms with Gasteiger partial charge in [-0.2, -0.15) is 0 Å². The Hall–Kier alpha value is -2.80. The van der Waals surface area contributed by atoms with E-state index in [1.54, 1.807) is 0 Å². The number of hydrogen-bond acceptors (Lipinski definition) is 5. The smallest absolute Gasteiger partial charge is 0.257 e. The van der Waals surface area contributed by atoms with Crippen LogP contribution in [0.2, 0.25) is 0 Å². The van der Waals surface area contributed by atoms with Crippen molar-refractivity contribution in [1.29, 1.82) is 0 Å². The van der Waals surface area contributed by atoms with E-state index in [1.165, 1.54) is 11.9 Å². The normalized spacial score (nSPS) is 22.8. The summed E-state index contributed by atoms with van der Waals surface area (Å²) in [6, 6.07) is 10.9. The number of aryl methyl sites for hydroxylation is 2. The lowest BCUT2D eigenvalue weighted by molar-refractivity contribution is -0.139. The third-order valence-electron chi connectivity index (χ3n) is 8.69. The SMILES string of the molecule is Cc1ncnc(C)c1C(=O)N1C[C@H]2CN(CCC(c3ccccc3)C3CN(C(=O)CC(C)C)C3)C[C@H]2C1. The van der Waals surface area contributed by atoms with E-state index >= 15 is 0 Å². The lowest BCUT2D eigenvalue weighted by Gasteiger charge is -2.44. The summed E-state index contributed by atoms with van der Waals surface area (Å²) in [6.45, 7) is 14.6. The molecule has 0 spiro atoms. The van der Waals surface area contributed by atoms with Gasteiger partial charge < -0.3 is 14.7 Å². The molecule has 7 nitrogen and oxygen atoms in total. The second-order valence-corrected chi connectivity index (χ2v) is 11.9. The summed E-state index contributed by atoms with van der Waals surface area (Å²) in [7, 11) is 0. The molecule has 3 fully saturated rings. The highest BCUT2D eigenvalue weighted by molar-refractivity contribution is 5.96. The van der Waals surface area contributed by atoms with Gasteiger partial charge in [0, 0.05) is 51.6 Å². The van der Waals surface area contributed by atoms with Crippen LogP contribution in [0.4, 0.5) is 0 Å².